The minimum absolute atomic E-state index is 0.0193. The number of amides is 1. The minimum Gasteiger partial charge on any atom is -0.397 e. The molecule has 0 atom stereocenters. The molecule has 0 radical (unpaired) electrons. The van der Waals surface area contributed by atoms with Crippen LogP contribution in [0.3, 0.4) is 0 Å². The summed E-state index contributed by atoms with van der Waals surface area (Å²) in [6.45, 7) is 0. The van der Waals surface area contributed by atoms with Crippen LogP contribution in [-0.2, 0) is 17.6 Å². The Kier molecular flexibility index (Phi) is 4.10. The predicted molar refractivity (Wildman–Crippen MR) is 86.5 cm³/mol. The van der Waals surface area contributed by atoms with Gasteiger partial charge in [-0.15, -0.1) is 11.8 Å². The van der Waals surface area contributed by atoms with E-state index in [9.17, 15) is 4.79 Å². The standard InChI is InChI=1S/C16H17N3OS/c17-14-9-18-7-6-15(14)21-10-16(20)19-13-5-4-11-2-1-3-12(11)8-13/h4-9H,1-3,10,17H2,(H,19,20). The van der Waals surface area contributed by atoms with Crippen LogP contribution in [-0.4, -0.2) is 16.6 Å². The van der Waals surface area contributed by atoms with Gasteiger partial charge in [0.05, 0.1) is 17.6 Å². The zero-order chi connectivity index (χ0) is 14.7. The Morgan fingerprint density at radius 2 is 2.14 bits per heavy atom. The van der Waals surface area contributed by atoms with Crippen LogP contribution in [0.25, 0.3) is 0 Å². The van der Waals surface area contributed by atoms with E-state index in [0.29, 0.717) is 11.4 Å². The van der Waals surface area contributed by atoms with Crippen molar-refractivity contribution in [2.75, 3.05) is 16.8 Å². The summed E-state index contributed by atoms with van der Waals surface area (Å²) in [6, 6.07) is 8.01. The molecule has 0 spiro atoms. The van der Waals surface area contributed by atoms with Gasteiger partial charge >= 0.3 is 0 Å². The van der Waals surface area contributed by atoms with Gasteiger partial charge in [0.25, 0.3) is 0 Å². The van der Waals surface area contributed by atoms with Crippen molar-refractivity contribution in [3.63, 3.8) is 0 Å². The number of hydrogen-bond donors (Lipinski definition) is 2. The maximum atomic E-state index is 12.0. The molecule has 0 saturated heterocycles. The van der Waals surface area contributed by atoms with Crippen molar-refractivity contribution >= 4 is 29.0 Å². The number of nitrogens with zero attached hydrogens (tertiary/aromatic N) is 1. The van der Waals surface area contributed by atoms with Crippen molar-refractivity contribution in [3.8, 4) is 0 Å². The van der Waals surface area contributed by atoms with Crippen LogP contribution in [0.4, 0.5) is 11.4 Å². The summed E-state index contributed by atoms with van der Waals surface area (Å²) >= 11 is 1.42. The fourth-order valence-electron chi connectivity index (χ4n) is 2.52. The number of benzene rings is 1. The molecular formula is C16H17N3OS. The quantitative estimate of drug-likeness (QED) is 0.852. The Bertz CT molecular complexity index is 672. The molecule has 3 N–H and O–H groups in total. The molecule has 0 fully saturated rings. The Morgan fingerprint density at radius 1 is 1.29 bits per heavy atom. The third-order valence-corrected chi connectivity index (χ3v) is 4.64. The molecule has 0 aliphatic heterocycles. The van der Waals surface area contributed by atoms with E-state index < -0.39 is 0 Å². The highest BCUT2D eigenvalue weighted by Crippen LogP contribution is 2.26. The number of rotatable bonds is 4. The molecule has 1 aromatic carbocycles. The van der Waals surface area contributed by atoms with Crippen molar-refractivity contribution in [2.45, 2.75) is 24.2 Å². The Labute approximate surface area is 128 Å². The van der Waals surface area contributed by atoms with E-state index >= 15 is 0 Å². The van der Waals surface area contributed by atoms with Gasteiger partial charge < -0.3 is 11.1 Å². The van der Waals surface area contributed by atoms with Crippen LogP contribution in [0.15, 0.2) is 41.6 Å². The monoisotopic (exact) mass is 299 g/mol. The highest BCUT2D eigenvalue weighted by molar-refractivity contribution is 8.00. The summed E-state index contributed by atoms with van der Waals surface area (Å²) < 4.78 is 0. The van der Waals surface area contributed by atoms with Crippen LogP contribution in [0.1, 0.15) is 17.5 Å². The van der Waals surface area contributed by atoms with Gasteiger partial charge in [-0.2, -0.15) is 0 Å². The molecule has 4 nitrogen and oxygen atoms in total. The van der Waals surface area contributed by atoms with Gasteiger partial charge in [-0.1, -0.05) is 6.07 Å². The van der Waals surface area contributed by atoms with Crippen LogP contribution in [0, 0.1) is 0 Å². The number of nitrogens with one attached hydrogen (secondary N) is 1. The number of aromatic nitrogens is 1. The number of fused-ring (bicyclic) bond motifs is 1. The summed E-state index contributed by atoms with van der Waals surface area (Å²) in [7, 11) is 0. The van der Waals surface area contributed by atoms with Crippen molar-refractivity contribution in [1.82, 2.24) is 4.98 Å². The van der Waals surface area contributed by atoms with Crippen LogP contribution in [0.5, 0.6) is 0 Å². The van der Waals surface area contributed by atoms with Crippen LogP contribution < -0.4 is 11.1 Å². The SMILES string of the molecule is Nc1cnccc1SCC(=O)Nc1ccc2c(c1)CCC2. The second kappa shape index (κ2) is 6.18. The molecule has 1 aliphatic carbocycles. The molecule has 1 aromatic heterocycles. The van der Waals surface area contributed by atoms with Gasteiger partial charge in [-0.05, 0) is 48.6 Å². The minimum atomic E-state index is -0.0193. The first-order valence-electron chi connectivity index (χ1n) is 6.96. The number of anilines is 2. The largest absolute Gasteiger partial charge is 0.397 e. The predicted octanol–water partition coefficient (Wildman–Crippen LogP) is 2.88. The lowest BCUT2D eigenvalue weighted by Crippen LogP contribution is -2.14. The molecule has 3 rings (SSSR count). The van der Waals surface area contributed by atoms with Gasteiger partial charge in [-0.25, -0.2) is 0 Å². The van der Waals surface area contributed by atoms with Crippen molar-refractivity contribution in [3.05, 3.63) is 47.8 Å². The van der Waals surface area contributed by atoms with E-state index in [2.05, 4.69) is 22.4 Å². The molecular weight excluding hydrogens is 282 g/mol. The van der Waals surface area contributed by atoms with Gasteiger partial charge in [-0.3, -0.25) is 9.78 Å². The fraction of sp³-hybridized carbons (Fsp3) is 0.250. The summed E-state index contributed by atoms with van der Waals surface area (Å²) in [5.41, 5.74) is 10.1. The number of aryl methyl sites for hydroxylation is 2. The number of hydrogen-bond acceptors (Lipinski definition) is 4. The topological polar surface area (TPSA) is 68.0 Å². The molecule has 0 unspecified atom stereocenters. The second-order valence-electron chi connectivity index (χ2n) is 5.09. The fourth-order valence-corrected chi connectivity index (χ4v) is 3.25. The smallest absolute Gasteiger partial charge is 0.234 e. The van der Waals surface area contributed by atoms with Crippen molar-refractivity contribution in [1.29, 1.82) is 0 Å². The third kappa shape index (κ3) is 3.36. The Morgan fingerprint density at radius 3 is 3.00 bits per heavy atom. The average Bonchev–Trinajstić information content (AvgIpc) is 2.94. The van der Waals surface area contributed by atoms with E-state index in [0.717, 1.165) is 23.4 Å². The van der Waals surface area contributed by atoms with Gasteiger partial charge in [0.1, 0.15) is 0 Å². The number of thioether (sulfide) groups is 1. The lowest BCUT2D eigenvalue weighted by atomic mass is 10.1. The van der Waals surface area contributed by atoms with Crippen LogP contribution >= 0.6 is 11.8 Å². The Hall–Kier alpha value is -2.01. The lowest BCUT2D eigenvalue weighted by Gasteiger charge is -2.08. The van der Waals surface area contributed by atoms with Crippen molar-refractivity contribution in [2.24, 2.45) is 0 Å². The summed E-state index contributed by atoms with van der Waals surface area (Å²) in [5.74, 6) is 0.319. The maximum Gasteiger partial charge on any atom is 0.234 e. The molecule has 2 aromatic rings. The van der Waals surface area contributed by atoms with E-state index in [1.807, 2.05) is 12.1 Å². The molecule has 1 aliphatic rings. The average molecular weight is 299 g/mol. The van der Waals surface area contributed by atoms with Crippen LogP contribution in [0.2, 0.25) is 0 Å². The molecule has 1 heterocycles. The second-order valence-corrected chi connectivity index (χ2v) is 6.10. The first-order valence-corrected chi connectivity index (χ1v) is 7.95. The molecule has 108 valence electrons. The van der Waals surface area contributed by atoms with E-state index in [1.165, 1.54) is 29.3 Å². The Balaban J connectivity index is 1.58. The summed E-state index contributed by atoms with van der Waals surface area (Å²) in [4.78, 5) is 16.8. The summed E-state index contributed by atoms with van der Waals surface area (Å²) in [5, 5.41) is 2.95. The third-order valence-electron chi connectivity index (χ3n) is 3.55. The highest BCUT2D eigenvalue weighted by atomic mass is 32.2. The highest BCUT2D eigenvalue weighted by Gasteiger charge is 2.12. The number of pyridine rings is 1. The maximum absolute atomic E-state index is 12.0. The molecule has 5 heteroatoms. The first-order chi connectivity index (χ1) is 10.2. The first kappa shape index (κ1) is 13.9. The molecule has 0 bridgehead atoms. The number of carbonyl (C=O) groups excluding carboxylic acids is 1. The zero-order valence-corrected chi connectivity index (χ0v) is 12.5. The molecule has 0 saturated carbocycles. The van der Waals surface area contributed by atoms with E-state index in [-0.39, 0.29) is 5.91 Å². The molecule has 1 amide bonds. The van der Waals surface area contributed by atoms with E-state index in [1.54, 1.807) is 12.4 Å². The number of nitrogen functional groups attached to an aromatic ring is 1. The van der Waals surface area contributed by atoms with Crippen molar-refractivity contribution < 1.29 is 4.79 Å². The number of nitrogens with two attached hydrogens (primary N) is 1. The normalized spacial score (nSPS) is 13.0. The lowest BCUT2D eigenvalue weighted by molar-refractivity contribution is -0.113. The van der Waals surface area contributed by atoms with Gasteiger partial charge in [0.15, 0.2) is 0 Å². The zero-order valence-electron chi connectivity index (χ0n) is 11.6. The number of carbonyl (C=O) groups is 1. The van der Waals surface area contributed by atoms with Gasteiger partial charge in [0.2, 0.25) is 5.91 Å². The van der Waals surface area contributed by atoms with E-state index in [4.69, 9.17) is 5.73 Å². The van der Waals surface area contributed by atoms with Gasteiger partial charge in [0, 0.05) is 16.8 Å². The summed E-state index contributed by atoms with van der Waals surface area (Å²) in [6.07, 6.45) is 6.75. The molecule has 21 heavy (non-hydrogen) atoms.